The van der Waals surface area contributed by atoms with Gasteiger partial charge in [0, 0.05) is 32.5 Å². The smallest absolute Gasteiger partial charge is 0.224 e. The number of ether oxygens (including phenoxy) is 1. The predicted molar refractivity (Wildman–Crippen MR) is 108 cm³/mol. The van der Waals surface area contributed by atoms with E-state index in [1.807, 2.05) is 29.2 Å². The van der Waals surface area contributed by atoms with Crippen molar-refractivity contribution in [2.24, 2.45) is 5.92 Å². The highest BCUT2D eigenvalue weighted by Crippen LogP contribution is 2.21. The average Bonchev–Trinajstić information content (AvgIpc) is 3.28. The first-order valence-corrected chi connectivity index (χ1v) is 10.1. The van der Waals surface area contributed by atoms with Gasteiger partial charge < -0.3 is 15.0 Å². The van der Waals surface area contributed by atoms with Crippen molar-refractivity contribution >= 4 is 11.8 Å². The van der Waals surface area contributed by atoms with E-state index in [0.717, 1.165) is 43.7 Å². The van der Waals surface area contributed by atoms with E-state index in [4.69, 9.17) is 4.74 Å². The summed E-state index contributed by atoms with van der Waals surface area (Å²) in [5.41, 5.74) is 1.01. The number of nitrogens with one attached hydrogen (secondary N) is 1. The van der Waals surface area contributed by atoms with E-state index in [1.54, 1.807) is 18.1 Å². The van der Waals surface area contributed by atoms with Crippen LogP contribution in [0.15, 0.2) is 36.9 Å². The van der Waals surface area contributed by atoms with Crippen molar-refractivity contribution in [1.82, 2.24) is 25.0 Å². The second-order valence-corrected chi connectivity index (χ2v) is 7.42. The van der Waals surface area contributed by atoms with Crippen molar-refractivity contribution in [3.63, 3.8) is 0 Å². The summed E-state index contributed by atoms with van der Waals surface area (Å²) in [4.78, 5) is 30.5. The molecule has 1 N–H and O–H groups in total. The molecule has 0 bridgehead atoms. The summed E-state index contributed by atoms with van der Waals surface area (Å²) in [5.74, 6) is 1.35. The van der Waals surface area contributed by atoms with E-state index < -0.39 is 0 Å². The molecule has 1 atom stereocenters. The number of aryl methyl sites for hydroxylation is 1. The molecule has 1 saturated heterocycles. The van der Waals surface area contributed by atoms with Gasteiger partial charge in [-0.1, -0.05) is 12.1 Å². The van der Waals surface area contributed by atoms with Crippen molar-refractivity contribution in [3.8, 4) is 5.75 Å². The van der Waals surface area contributed by atoms with Gasteiger partial charge in [-0.25, -0.2) is 4.98 Å². The lowest BCUT2D eigenvalue weighted by Crippen LogP contribution is -2.40. The molecule has 1 aliphatic heterocycles. The van der Waals surface area contributed by atoms with Crippen molar-refractivity contribution < 1.29 is 14.3 Å². The van der Waals surface area contributed by atoms with Gasteiger partial charge in [0.15, 0.2) is 0 Å². The Labute approximate surface area is 171 Å². The summed E-state index contributed by atoms with van der Waals surface area (Å²) in [6.07, 6.45) is 6.86. The Bertz CT molecular complexity index is 793. The highest BCUT2D eigenvalue weighted by atomic mass is 16.5. The molecule has 0 spiro atoms. The minimum atomic E-state index is 0.0439. The molecular weight excluding hydrogens is 370 g/mol. The zero-order valence-electron chi connectivity index (χ0n) is 16.9. The van der Waals surface area contributed by atoms with Gasteiger partial charge in [0.2, 0.25) is 11.8 Å². The van der Waals surface area contributed by atoms with E-state index in [-0.39, 0.29) is 11.8 Å². The molecular formula is C21H29N5O3. The van der Waals surface area contributed by atoms with Crippen LogP contribution in [0.3, 0.4) is 0 Å². The summed E-state index contributed by atoms with van der Waals surface area (Å²) < 4.78 is 6.88. The number of hydrogen-bond donors (Lipinski definition) is 1. The number of rotatable bonds is 9. The molecule has 0 saturated carbocycles. The number of hydrogen-bond acceptors (Lipinski definition) is 5. The number of piperidine rings is 1. The number of carbonyl (C=O) groups is 2. The third-order valence-corrected chi connectivity index (χ3v) is 5.30. The largest absolute Gasteiger partial charge is 0.497 e. The van der Waals surface area contributed by atoms with Crippen LogP contribution in [0, 0.1) is 5.92 Å². The van der Waals surface area contributed by atoms with Gasteiger partial charge in [-0.2, -0.15) is 5.10 Å². The molecule has 1 aromatic carbocycles. The van der Waals surface area contributed by atoms with Crippen LogP contribution in [0.2, 0.25) is 0 Å². The lowest BCUT2D eigenvalue weighted by atomic mass is 9.93. The maximum atomic E-state index is 12.5. The molecule has 8 heteroatoms. The van der Waals surface area contributed by atoms with Crippen molar-refractivity contribution in [2.75, 3.05) is 20.2 Å². The first kappa shape index (κ1) is 20.8. The molecule has 0 unspecified atom stereocenters. The maximum absolute atomic E-state index is 12.5. The molecule has 29 heavy (non-hydrogen) atoms. The molecule has 1 fully saturated rings. The molecule has 2 heterocycles. The lowest BCUT2D eigenvalue weighted by Gasteiger charge is -2.33. The third kappa shape index (κ3) is 6.58. The van der Waals surface area contributed by atoms with E-state index in [9.17, 15) is 9.59 Å². The SMILES string of the molecule is COc1cccc(CNC(=O)CC[C@@H]2CCCN(C(=O)CCn3cncn3)C2)c1. The first-order valence-electron chi connectivity index (χ1n) is 10.1. The van der Waals surface area contributed by atoms with Crippen LogP contribution in [-0.4, -0.2) is 51.7 Å². The Balaban J connectivity index is 1.37. The number of nitrogens with zero attached hydrogens (tertiary/aromatic N) is 4. The normalized spacial score (nSPS) is 16.4. The average molecular weight is 399 g/mol. The van der Waals surface area contributed by atoms with Crippen LogP contribution in [0.1, 0.15) is 37.7 Å². The summed E-state index contributed by atoms with van der Waals surface area (Å²) in [6.45, 7) is 2.58. The monoisotopic (exact) mass is 399 g/mol. The van der Waals surface area contributed by atoms with Crippen molar-refractivity contribution in [2.45, 2.75) is 45.2 Å². The first-order chi connectivity index (χ1) is 14.1. The van der Waals surface area contributed by atoms with E-state index in [2.05, 4.69) is 15.4 Å². The van der Waals surface area contributed by atoms with Crippen molar-refractivity contribution in [3.05, 3.63) is 42.5 Å². The predicted octanol–water partition coefficient (Wildman–Crippen LogP) is 2.01. The van der Waals surface area contributed by atoms with E-state index in [0.29, 0.717) is 31.8 Å². The summed E-state index contributed by atoms with van der Waals surface area (Å²) in [5, 5.41) is 7.00. The minimum Gasteiger partial charge on any atom is -0.497 e. The Morgan fingerprint density at radius 1 is 1.31 bits per heavy atom. The number of methoxy groups -OCH3 is 1. The number of likely N-dealkylation sites (tertiary alicyclic amines) is 1. The maximum Gasteiger partial charge on any atom is 0.224 e. The molecule has 0 radical (unpaired) electrons. The number of amides is 2. The van der Waals surface area contributed by atoms with E-state index >= 15 is 0 Å². The minimum absolute atomic E-state index is 0.0439. The molecule has 8 nitrogen and oxygen atoms in total. The van der Waals surface area contributed by atoms with Crippen LogP contribution in [0.25, 0.3) is 0 Å². The third-order valence-electron chi connectivity index (χ3n) is 5.30. The molecule has 1 aliphatic rings. The number of carbonyl (C=O) groups excluding carboxylic acids is 2. The second kappa shape index (κ2) is 10.6. The molecule has 1 aromatic heterocycles. The van der Waals surface area contributed by atoms with Gasteiger partial charge in [0.25, 0.3) is 0 Å². The fraction of sp³-hybridized carbons (Fsp3) is 0.524. The number of benzene rings is 1. The zero-order chi connectivity index (χ0) is 20.5. The van der Waals surface area contributed by atoms with Crippen molar-refractivity contribution in [1.29, 1.82) is 0 Å². The fourth-order valence-electron chi connectivity index (χ4n) is 3.65. The molecule has 0 aliphatic carbocycles. The van der Waals surface area contributed by atoms with Gasteiger partial charge >= 0.3 is 0 Å². The Morgan fingerprint density at radius 2 is 2.21 bits per heavy atom. The Morgan fingerprint density at radius 3 is 3.00 bits per heavy atom. The Hall–Kier alpha value is -2.90. The fourth-order valence-corrected chi connectivity index (χ4v) is 3.65. The summed E-state index contributed by atoms with van der Waals surface area (Å²) in [7, 11) is 1.63. The van der Waals surface area contributed by atoms with Crippen LogP contribution in [0.5, 0.6) is 5.75 Å². The van der Waals surface area contributed by atoms with Gasteiger partial charge in [-0.05, 0) is 42.9 Å². The molecule has 156 valence electrons. The molecule has 2 amide bonds. The van der Waals surface area contributed by atoms with Crippen LogP contribution in [-0.2, 0) is 22.7 Å². The molecule has 3 rings (SSSR count). The van der Waals surface area contributed by atoms with Crippen LogP contribution >= 0.6 is 0 Å². The summed E-state index contributed by atoms with van der Waals surface area (Å²) in [6, 6.07) is 7.68. The van der Waals surface area contributed by atoms with Gasteiger partial charge in [-0.3, -0.25) is 14.3 Å². The van der Waals surface area contributed by atoms with Crippen LogP contribution < -0.4 is 10.1 Å². The standard InChI is InChI=1S/C21H29N5O3/c1-29-19-6-2-4-18(12-19)13-23-20(27)8-7-17-5-3-10-25(14-17)21(28)9-11-26-16-22-15-24-26/h2,4,6,12,15-17H,3,5,7-11,13-14H2,1H3,(H,23,27)/t17-/m0/s1. The van der Waals surface area contributed by atoms with Gasteiger partial charge in [0.1, 0.15) is 18.4 Å². The zero-order valence-corrected chi connectivity index (χ0v) is 16.9. The lowest BCUT2D eigenvalue weighted by molar-refractivity contribution is -0.133. The topological polar surface area (TPSA) is 89.4 Å². The second-order valence-electron chi connectivity index (χ2n) is 7.42. The Kier molecular flexibility index (Phi) is 7.61. The highest BCUT2D eigenvalue weighted by Gasteiger charge is 2.23. The highest BCUT2D eigenvalue weighted by molar-refractivity contribution is 5.76. The van der Waals surface area contributed by atoms with Crippen LogP contribution in [0.4, 0.5) is 0 Å². The summed E-state index contributed by atoms with van der Waals surface area (Å²) >= 11 is 0. The number of aromatic nitrogens is 3. The van der Waals surface area contributed by atoms with E-state index in [1.165, 1.54) is 6.33 Å². The molecule has 2 aromatic rings. The quantitative estimate of drug-likeness (QED) is 0.697. The van der Waals surface area contributed by atoms with Gasteiger partial charge in [0.05, 0.1) is 13.7 Å². The van der Waals surface area contributed by atoms with Gasteiger partial charge in [-0.15, -0.1) is 0 Å².